The van der Waals surface area contributed by atoms with Crippen molar-refractivity contribution in [2.45, 2.75) is 12.8 Å². The van der Waals surface area contributed by atoms with E-state index in [0.717, 1.165) is 69.5 Å². The fourth-order valence-corrected chi connectivity index (χ4v) is 13.1. The van der Waals surface area contributed by atoms with Gasteiger partial charge < -0.3 is 18.9 Å². The van der Waals surface area contributed by atoms with Crippen molar-refractivity contribution in [3.05, 3.63) is 301 Å². The lowest BCUT2D eigenvalue weighted by Crippen LogP contribution is -2.10. The maximum Gasteiger partial charge on any atom is 0.0544 e. The number of hydrogen-bond acceptors (Lipinski definition) is 2. The maximum absolute atomic E-state index is 2.44. The van der Waals surface area contributed by atoms with Gasteiger partial charge in [-0.1, -0.05) is 158 Å². The van der Waals surface area contributed by atoms with Crippen LogP contribution in [0.4, 0.5) is 34.1 Å². The van der Waals surface area contributed by atoms with E-state index in [9.17, 15) is 0 Å². The summed E-state index contributed by atoms with van der Waals surface area (Å²) in [6.45, 7) is 0. The molecule has 0 atom stereocenters. The molecule has 0 aliphatic heterocycles. The standard InChI is InChI=1S/C74H50N4/c1-5-19-53(20-6-1)75(59-37-41-69-67(47-59)73-65-45-51-17-13-15-27-61(51)63(65)39-43-71(73)77(69)55-23-9-3-10-24-55)57-33-29-49(30-34-57)50-31-35-58(36-32-50)76(54-21-7-2-8-22-54)60-38-42-70-68(48-60)74-66-46-52-18-14-16-28-62(52)64(66)40-44-72(74)78(70)56-25-11-4-12-26-56/h1-44,47-48H,45-46H2. The number of hydrogen-bond donors (Lipinski definition) is 0. The molecule has 0 saturated heterocycles. The topological polar surface area (TPSA) is 16.3 Å². The van der Waals surface area contributed by atoms with Crippen molar-refractivity contribution in [2.24, 2.45) is 0 Å². The van der Waals surface area contributed by atoms with Crippen LogP contribution in [-0.2, 0) is 12.8 Å². The Labute approximate surface area is 453 Å². The van der Waals surface area contributed by atoms with Crippen LogP contribution in [0.5, 0.6) is 0 Å². The molecule has 12 aromatic carbocycles. The molecule has 0 bridgehead atoms. The molecule has 14 aromatic rings. The van der Waals surface area contributed by atoms with Gasteiger partial charge in [-0.2, -0.15) is 0 Å². The molecule has 2 heterocycles. The van der Waals surface area contributed by atoms with Crippen LogP contribution in [0.15, 0.2) is 279 Å². The first-order chi connectivity index (χ1) is 38.7. The molecule has 4 heteroatoms. The van der Waals surface area contributed by atoms with Gasteiger partial charge in [-0.3, -0.25) is 0 Å². The average Bonchev–Trinajstić information content (AvgIpc) is 4.40. The van der Waals surface area contributed by atoms with Gasteiger partial charge in [0.1, 0.15) is 0 Å². The maximum atomic E-state index is 2.44. The van der Waals surface area contributed by atoms with Gasteiger partial charge in [0.2, 0.25) is 0 Å². The Morgan fingerprint density at radius 2 is 0.590 bits per heavy atom. The molecule has 2 aliphatic carbocycles. The molecule has 0 N–H and O–H groups in total. The molecule has 0 saturated carbocycles. The fraction of sp³-hybridized carbons (Fsp3) is 0.0270. The number of fused-ring (bicyclic) bond motifs is 14. The summed E-state index contributed by atoms with van der Waals surface area (Å²) < 4.78 is 4.89. The number of rotatable bonds is 9. The predicted octanol–water partition coefficient (Wildman–Crippen LogP) is 19.6. The smallest absolute Gasteiger partial charge is 0.0544 e. The number of anilines is 6. The van der Waals surface area contributed by atoms with E-state index in [-0.39, 0.29) is 0 Å². The summed E-state index contributed by atoms with van der Waals surface area (Å²) in [5.41, 5.74) is 27.1. The third kappa shape index (κ3) is 6.93. The first kappa shape index (κ1) is 44.2. The van der Waals surface area contributed by atoms with Crippen LogP contribution < -0.4 is 9.80 Å². The monoisotopic (exact) mass is 994 g/mol. The van der Waals surface area contributed by atoms with E-state index in [4.69, 9.17) is 0 Å². The molecule has 0 amide bonds. The normalized spacial score (nSPS) is 12.3. The van der Waals surface area contributed by atoms with Crippen molar-refractivity contribution in [1.82, 2.24) is 9.13 Å². The van der Waals surface area contributed by atoms with E-state index in [2.05, 4.69) is 298 Å². The van der Waals surface area contributed by atoms with Gasteiger partial charge in [-0.05, 0) is 190 Å². The highest BCUT2D eigenvalue weighted by atomic mass is 15.1. The van der Waals surface area contributed by atoms with E-state index < -0.39 is 0 Å². The van der Waals surface area contributed by atoms with Crippen molar-refractivity contribution in [1.29, 1.82) is 0 Å². The first-order valence-corrected chi connectivity index (χ1v) is 27.1. The summed E-state index contributed by atoms with van der Waals surface area (Å²) in [6.07, 6.45) is 1.84. The Bertz CT molecular complexity index is 4330. The number of benzene rings is 12. The third-order valence-corrected chi connectivity index (χ3v) is 16.6. The van der Waals surface area contributed by atoms with E-state index in [1.54, 1.807) is 0 Å². The van der Waals surface area contributed by atoms with Crippen LogP contribution in [0.1, 0.15) is 22.3 Å². The summed E-state index contributed by atoms with van der Waals surface area (Å²) in [4.78, 5) is 4.80. The van der Waals surface area contributed by atoms with E-state index >= 15 is 0 Å². The van der Waals surface area contributed by atoms with Crippen molar-refractivity contribution < 1.29 is 0 Å². The van der Waals surface area contributed by atoms with Crippen molar-refractivity contribution >= 4 is 77.7 Å². The second kappa shape index (κ2) is 17.7. The van der Waals surface area contributed by atoms with Crippen LogP contribution >= 0.6 is 0 Å². The SMILES string of the molecule is c1ccc(N(c2ccc(-c3ccc(N(c4ccccc4)c4ccc5c(c4)c4c6c(ccc4n5-c4ccccc4)-c4ccccc4C6)cc3)cc2)c2ccc3c(c2)c2c4c(ccc2n3-c2ccccc2)-c2ccccc2C4)cc1. The highest BCUT2D eigenvalue weighted by Gasteiger charge is 2.28. The molecule has 0 spiro atoms. The van der Waals surface area contributed by atoms with Crippen LogP contribution in [0.3, 0.4) is 0 Å². The molecule has 4 nitrogen and oxygen atoms in total. The zero-order valence-corrected chi connectivity index (χ0v) is 42.8. The molecule has 78 heavy (non-hydrogen) atoms. The van der Waals surface area contributed by atoms with Gasteiger partial charge in [0.25, 0.3) is 0 Å². The molecular weight excluding hydrogens is 945 g/mol. The Balaban J connectivity index is 0.779. The summed E-state index contributed by atoms with van der Waals surface area (Å²) >= 11 is 0. The van der Waals surface area contributed by atoms with Crippen LogP contribution in [-0.4, -0.2) is 9.13 Å². The molecule has 0 radical (unpaired) electrons. The Morgan fingerprint density at radius 3 is 1.00 bits per heavy atom. The second-order valence-electron chi connectivity index (χ2n) is 20.8. The lowest BCUT2D eigenvalue weighted by atomic mass is 10.00. The van der Waals surface area contributed by atoms with Crippen molar-refractivity contribution in [2.75, 3.05) is 9.80 Å². The van der Waals surface area contributed by atoms with E-state index in [0.29, 0.717) is 0 Å². The van der Waals surface area contributed by atoms with E-state index in [1.807, 2.05) is 0 Å². The molecule has 2 aliphatic rings. The number of aromatic nitrogens is 2. The Morgan fingerprint density at radius 1 is 0.256 bits per heavy atom. The number of para-hydroxylation sites is 4. The van der Waals surface area contributed by atoms with Gasteiger partial charge in [0, 0.05) is 67.0 Å². The summed E-state index contributed by atoms with van der Waals surface area (Å²) in [5, 5.41) is 5.17. The molecular formula is C74H50N4. The molecule has 0 unspecified atom stereocenters. The minimum atomic E-state index is 0.921. The van der Waals surface area contributed by atoms with Gasteiger partial charge in [0.05, 0.1) is 22.1 Å². The minimum absolute atomic E-state index is 0.921. The summed E-state index contributed by atoms with van der Waals surface area (Å²) in [6, 6.07) is 103. The van der Waals surface area contributed by atoms with Gasteiger partial charge in [-0.15, -0.1) is 0 Å². The van der Waals surface area contributed by atoms with E-state index in [1.165, 1.54) is 88.1 Å². The highest BCUT2D eigenvalue weighted by molar-refractivity contribution is 6.16. The second-order valence-corrected chi connectivity index (χ2v) is 20.8. The Hall–Kier alpha value is -10.2. The first-order valence-electron chi connectivity index (χ1n) is 27.1. The zero-order valence-electron chi connectivity index (χ0n) is 42.8. The summed E-state index contributed by atoms with van der Waals surface area (Å²) in [7, 11) is 0. The van der Waals surface area contributed by atoms with Gasteiger partial charge in [-0.25, -0.2) is 0 Å². The van der Waals surface area contributed by atoms with Gasteiger partial charge in [0.15, 0.2) is 0 Å². The predicted molar refractivity (Wildman–Crippen MR) is 326 cm³/mol. The average molecular weight is 995 g/mol. The van der Waals surface area contributed by atoms with Crippen LogP contribution in [0, 0.1) is 0 Å². The summed E-state index contributed by atoms with van der Waals surface area (Å²) in [5.74, 6) is 0. The van der Waals surface area contributed by atoms with Crippen molar-refractivity contribution in [3.8, 4) is 44.8 Å². The molecule has 366 valence electrons. The third-order valence-electron chi connectivity index (χ3n) is 16.6. The van der Waals surface area contributed by atoms with Crippen LogP contribution in [0.2, 0.25) is 0 Å². The fourth-order valence-electron chi connectivity index (χ4n) is 13.1. The minimum Gasteiger partial charge on any atom is -0.310 e. The van der Waals surface area contributed by atoms with Gasteiger partial charge >= 0.3 is 0 Å². The molecule has 2 aromatic heterocycles. The molecule has 16 rings (SSSR count). The largest absolute Gasteiger partial charge is 0.310 e. The highest BCUT2D eigenvalue weighted by Crippen LogP contribution is 2.49. The molecule has 0 fully saturated rings. The quantitative estimate of drug-likeness (QED) is 0.143. The van der Waals surface area contributed by atoms with Crippen LogP contribution in [0.25, 0.3) is 88.4 Å². The zero-order chi connectivity index (χ0) is 51.3. The Kier molecular flexibility index (Phi) is 10.0. The lowest BCUT2D eigenvalue weighted by Gasteiger charge is -2.26. The lowest BCUT2D eigenvalue weighted by molar-refractivity contribution is 1.18. The number of nitrogens with zero attached hydrogens (tertiary/aromatic N) is 4. The van der Waals surface area contributed by atoms with Crippen molar-refractivity contribution in [3.63, 3.8) is 0 Å².